The van der Waals surface area contributed by atoms with Crippen LogP contribution in [0.4, 0.5) is 10.5 Å². The monoisotopic (exact) mass is 378 g/mol. The first-order valence-electron chi connectivity index (χ1n) is 8.50. The molecule has 1 aromatic heterocycles. The SMILES string of the molecule is CCN(C(=O)Nc1ccc(OCc2ccco2)cc1)[C@H]1CCS(=O)(=O)C1. The van der Waals surface area contributed by atoms with E-state index in [1.54, 1.807) is 41.5 Å². The Morgan fingerprint density at radius 1 is 1.31 bits per heavy atom. The molecule has 140 valence electrons. The summed E-state index contributed by atoms with van der Waals surface area (Å²) in [6, 6.07) is 10.1. The molecule has 26 heavy (non-hydrogen) atoms. The molecule has 1 saturated heterocycles. The summed E-state index contributed by atoms with van der Waals surface area (Å²) in [6.07, 6.45) is 2.08. The Morgan fingerprint density at radius 2 is 2.08 bits per heavy atom. The van der Waals surface area contributed by atoms with Gasteiger partial charge < -0.3 is 19.4 Å². The van der Waals surface area contributed by atoms with Crippen LogP contribution in [0.1, 0.15) is 19.1 Å². The van der Waals surface area contributed by atoms with Crippen LogP contribution in [0, 0.1) is 0 Å². The number of sulfone groups is 1. The number of furan rings is 1. The minimum atomic E-state index is -3.03. The lowest BCUT2D eigenvalue weighted by Crippen LogP contribution is -2.43. The molecule has 1 aromatic carbocycles. The fourth-order valence-electron chi connectivity index (χ4n) is 2.97. The minimum absolute atomic E-state index is 0.0355. The molecule has 0 spiro atoms. The number of hydrogen-bond donors (Lipinski definition) is 1. The van der Waals surface area contributed by atoms with Gasteiger partial charge in [0.15, 0.2) is 9.84 Å². The fourth-order valence-corrected chi connectivity index (χ4v) is 4.70. The summed E-state index contributed by atoms with van der Waals surface area (Å²) < 4.78 is 34.1. The van der Waals surface area contributed by atoms with Gasteiger partial charge in [-0.05, 0) is 49.7 Å². The molecule has 1 N–H and O–H groups in total. The van der Waals surface area contributed by atoms with Gasteiger partial charge in [0.1, 0.15) is 18.1 Å². The average Bonchev–Trinajstić information content (AvgIpc) is 3.24. The van der Waals surface area contributed by atoms with Crippen LogP contribution < -0.4 is 10.1 Å². The molecule has 1 aliphatic heterocycles. The van der Waals surface area contributed by atoms with Gasteiger partial charge in [0.25, 0.3) is 0 Å². The molecule has 1 aliphatic rings. The zero-order valence-electron chi connectivity index (χ0n) is 14.6. The Balaban J connectivity index is 1.56. The standard InChI is InChI=1S/C18H22N2O5S/c1-2-20(15-9-11-26(22,23)13-15)18(21)19-14-5-7-16(8-6-14)25-12-17-4-3-10-24-17/h3-8,10,15H,2,9,11-13H2,1H3,(H,19,21)/t15-/m0/s1. The van der Waals surface area contributed by atoms with Gasteiger partial charge in [0, 0.05) is 18.3 Å². The van der Waals surface area contributed by atoms with Gasteiger partial charge in [-0.3, -0.25) is 0 Å². The van der Waals surface area contributed by atoms with Crippen molar-refractivity contribution in [3.63, 3.8) is 0 Å². The molecule has 1 atom stereocenters. The molecule has 2 amide bonds. The van der Waals surface area contributed by atoms with Gasteiger partial charge in [-0.2, -0.15) is 0 Å². The molecular weight excluding hydrogens is 356 g/mol. The number of urea groups is 1. The molecule has 2 heterocycles. The summed E-state index contributed by atoms with van der Waals surface area (Å²) in [6.45, 7) is 2.63. The van der Waals surface area contributed by atoms with Crippen molar-refractivity contribution in [1.29, 1.82) is 0 Å². The van der Waals surface area contributed by atoms with Crippen molar-refractivity contribution in [3.8, 4) is 5.75 Å². The van der Waals surface area contributed by atoms with E-state index in [4.69, 9.17) is 9.15 Å². The second kappa shape index (κ2) is 7.82. The number of hydrogen-bond acceptors (Lipinski definition) is 5. The number of ether oxygens (including phenoxy) is 1. The van der Waals surface area contributed by atoms with Crippen LogP contribution >= 0.6 is 0 Å². The van der Waals surface area contributed by atoms with Crippen molar-refractivity contribution in [2.45, 2.75) is 26.0 Å². The van der Waals surface area contributed by atoms with Crippen molar-refractivity contribution in [3.05, 3.63) is 48.4 Å². The van der Waals surface area contributed by atoms with Gasteiger partial charge in [0.05, 0.1) is 17.8 Å². The number of nitrogens with one attached hydrogen (secondary N) is 1. The van der Waals surface area contributed by atoms with E-state index >= 15 is 0 Å². The van der Waals surface area contributed by atoms with Crippen LogP contribution in [-0.2, 0) is 16.4 Å². The van der Waals surface area contributed by atoms with Gasteiger partial charge in [-0.25, -0.2) is 13.2 Å². The molecule has 8 heteroatoms. The zero-order valence-corrected chi connectivity index (χ0v) is 15.4. The van der Waals surface area contributed by atoms with E-state index in [0.29, 0.717) is 31.0 Å². The highest BCUT2D eigenvalue weighted by atomic mass is 32.2. The van der Waals surface area contributed by atoms with Crippen LogP contribution in [0.3, 0.4) is 0 Å². The molecule has 0 unspecified atom stereocenters. The molecular formula is C18H22N2O5S. The van der Waals surface area contributed by atoms with Crippen LogP contribution in [0.15, 0.2) is 47.1 Å². The molecule has 0 aliphatic carbocycles. The number of benzene rings is 1. The topological polar surface area (TPSA) is 88.8 Å². The Bertz CT molecular complexity index is 831. The number of carbonyl (C=O) groups excluding carboxylic acids is 1. The molecule has 3 rings (SSSR count). The molecule has 7 nitrogen and oxygen atoms in total. The van der Waals surface area contributed by atoms with Crippen molar-refractivity contribution in [2.24, 2.45) is 0 Å². The zero-order chi connectivity index (χ0) is 18.6. The smallest absolute Gasteiger partial charge is 0.322 e. The van der Waals surface area contributed by atoms with E-state index in [0.717, 1.165) is 5.76 Å². The number of nitrogens with zero attached hydrogens (tertiary/aromatic N) is 1. The predicted molar refractivity (Wildman–Crippen MR) is 97.9 cm³/mol. The lowest BCUT2D eigenvalue weighted by molar-refractivity contribution is 0.197. The Morgan fingerprint density at radius 3 is 2.65 bits per heavy atom. The first-order valence-corrected chi connectivity index (χ1v) is 10.3. The van der Waals surface area contributed by atoms with E-state index in [1.807, 2.05) is 13.0 Å². The van der Waals surface area contributed by atoms with Crippen molar-refractivity contribution < 1.29 is 22.4 Å². The van der Waals surface area contributed by atoms with E-state index < -0.39 is 9.84 Å². The molecule has 2 aromatic rings. The second-order valence-corrected chi connectivity index (χ2v) is 8.39. The Hall–Kier alpha value is -2.48. The van der Waals surface area contributed by atoms with Crippen LogP contribution in [0.25, 0.3) is 0 Å². The van der Waals surface area contributed by atoms with E-state index in [2.05, 4.69) is 5.32 Å². The summed E-state index contributed by atoms with van der Waals surface area (Å²) in [5.41, 5.74) is 0.625. The van der Waals surface area contributed by atoms with Gasteiger partial charge in [0.2, 0.25) is 0 Å². The number of amides is 2. The number of carbonyl (C=O) groups is 1. The normalized spacial score (nSPS) is 18.4. The number of rotatable bonds is 6. The molecule has 1 fully saturated rings. The van der Waals surface area contributed by atoms with E-state index in [-0.39, 0.29) is 23.6 Å². The first-order chi connectivity index (χ1) is 12.5. The maximum Gasteiger partial charge on any atom is 0.322 e. The maximum absolute atomic E-state index is 12.5. The van der Waals surface area contributed by atoms with E-state index in [9.17, 15) is 13.2 Å². The highest BCUT2D eigenvalue weighted by Gasteiger charge is 2.33. The third kappa shape index (κ3) is 4.57. The predicted octanol–water partition coefficient (Wildman–Crippen LogP) is 2.90. The molecule has 0 bridgehead atoms. The van der Waals surface area contributed by atoms with Gasteiger partial charge >= 0.3 is 6.03 Å². The first kappa shape index (κ1) is 18.3. The highest BCUT2D eigenvalue weighted by molar-refractivity contribution is 7.91. The van der Waals surface area contributed by atoms with Gasteiger partial charge in [-0.15, -0.1) is 0 Å². The summed E-state index contributed by atoms with van der Waals surface area (Å²) in [7, 11) is -3.03. The Kier molecular flexibility index (Phi) is 5.51. The maximum atomic E-state index is 12.5. The van der Waals surface area contributed by atoms with Crippen LogP contribution in [0.2, 0.25) is 0 Å². The largest absolute Gasteiger partial charge is 0.486 e. The summed E-state index contributed by atoms with van der Waals surface area (Å²) in [4.78, 5) is 14.1. The van der Waals surface area contributed by atoms with Gasteiger partial charge in [-0.1, -0.05) is 0 Å². The summed E-state index contributed by atoms with van der Waals surface area (Å²) >= 11 is 0. The summed E-state index contributed by atoms with van der Waals surface area (Å²) in [5.74, 6) is 1.57. The fraction of sp³-hybridized carbons (Fsp3) is 0.389. The second-order valence-electron chi connectivity index (χ2n) is 6.17. The van der Waals surface area contributed by atoms with Crippen LogP contribution in [0.5, 0.6) is 5.75 Å². The highest BCUT2D eigenvalue weighted by Crippen LogP contribution is 2.21. The third-order valence-electron chi connectivity index (χ3n) is 4.32. The number of anilines is 1. The van der Waals surface area contributed by atoms with Crippen molar-refractivity contribution >= 4 is 21.6 Å². The third-order valence-corrected chi connectivity index (χ3v) is 6.07. The summed E-state index contributed by atoms with van der Waals surface area (Å²) in [5, 5.41) is 2.81. The molecule has 0 saturated carbocycles. The van der Waals surface area contributed by atoms with E-state index in [1.165, 1.54) is 0 Å². The Labute approximate surface area is 152 Å². The van der Waals surface area contributed by atoms with Crippen molar-refractivity contribution in [1.82, 2.24) is 4.90 Å². The minimum Gasteiger partial charge on any atom is -0.486 e. The lowest BCUT2D eigenvalue weighted by atomic mass is 10.2. The van der Waals surface area contributed by atoms with Crippen LogP contribution in [-0.4, -0.2) is 43.4 Å². The van der Waals surface area contributed by atoms with Crippen molar-refractivity contribution in [2.75, 3.05) is 23.4 Å². The lowest BCUT2D eigenvalue weighted by Gasteiger charge is -2.27. The molecule has 0 radical (unpaired) electrons. The average molecular weight is 378 g/mol. The quantitative estimate of drug-likeness (QED) is 0.835.